The van der Waals surface area contributed by atoms with Crippen LogP contribution in [0.4, 0.5) is 0 Å². The summed E-state index contributed by atoms with van der Waals surface area (Å²) in [7, 11) is 0. The van der Waals surface area contributed by atoms with Crippen molar-refractivity contribution in [1.29, 1.82) is 0 Å². The van der Waals surface area contributed by atoms with E-state index in [1.54, 1.807) is 6.07 Å². The third-order valence-corrected chi connectivity index (χ3v) is 1.92. The number of carboxylic acids is 1. The van der Waals surface area contributed by atoms with Gasteiger partial charge in [0.05, 0.1) is 10.4 Å². The Balaban J connectivity index is 2.75. The SMILES string of the molecule is O=C(O)c1cc2c(Cl)ccnc2o1. The van der Waals surface area contributed by atoms with Crippen LogP contribution in [0.3, 0.4) is 0 Å². The highest BCUT2D eigenvalue weighted by atomic mass is 35.5. The Hall–Kier alpha value is -1.55. The van der Waals surface area contributed by atoms with Crippen molar-refractivity contribution in [1.82, 2.24) is 4.98 Å². The molecule has 4 nitrogen and oxygen atoms in total. The van der Waals surface area contributed by atoms with E-state index in [0.29, 0.717) is 10.4 Å². The Morgan fingerprint density at radius 1 is 1.62 bits per heavy atom. The molecule has 0 spiro atoms. The van der Waals surface area contributed by atoms with Crippen molar-refractivity contribution in [2.24, 2.45) is 0 Å². The lowest BCUT2D eigenvalue weighted by molar-refractivity contribution is 0.0664. The zero-order chi connectivity index (χ0) is 9.42. The monoisotopic (exact) mass is 197 g/mol. The van der Waals surface area contributed by atoms with E-state index < -0.39 is 5.97 Å². The summed E-state index contributed by atoms with van der Waals surface area (Å²) in [5.74, 6) is -1.29. The summed E-state index contributed by atoms with van der Waals surface area (Å²) in [5.41, 5.74) is 0.241. The minimum atomic E-state index is -1.13. The molecule has 0 fully saturated rings. The molecule has 13 heavy (non-hydrogen) atoms. The number of rotatable bonds is 1. The molecule has 0 aliphatic carbocycles. The van der Waals surface area contributed by atoms with Gasteiger partial charge in [-0.3, -0.25) is 0 Å². The summed E-state index contributed by atoms with van der Waals surface area (Å²) in [6.07, 6.45) is 1.46. The molecule has 5 heteroatoms. The molecule has 2 heterocycles. The van der Waals surface area contributed by atoms with Crippen LogP contribution < -0.4 is 0 Å². The number of carbonyl (C=O) groups is 1. The fourth-order valence-electron chi connectivity index (χ4n) is 1.01. The van der Waals surface area contributed by atoms with Gasteiger partial charge in [-0.2, -0.15) is 0 Å². The van der Waals surface area contributed by atoms with E-state index in [9.17, 15) is 4.79 Å². The molecule has 2 aromatic heterocycles. The first-order valence-corrected chi connectivity index (χ1v) is 3.83. The number of hydrogen-bond acceptors (Lipinski definition) is 3. The number of pyridine rings is 1. The van der Waals surface area contributed by atoms with E-state index in [1.807, 2.05) is 0 Å². The number of furan rings is 1. The fraction of sp³-hybridized carbons (Fsp3) is 0. The largest absolute Gasteiger partial charge is 0.475 e. The van der Waals surface area contributed by atoms with E-state index in [2.05, 4.69) is 4.98 Å². The summed E-state index contributed by atoms with van der Waals surface area (Å²) in [6.45, 7) is 0. The van der Waals surface area contributed by atoms with Crippen LogP contribution >= 0.6 is 11.6 Å². The Morgan fingerprint density at radius 3 is 3.00 bits per heavy atom. The maximum absolute atomic E-state index is 10.5. The predicted octanol–water partition coefficient (Wildman–Crippen LogP) is 2.18. The molecule has 0 radical (unpaired) electrons. The van der Waals surface area contributed by atoms with Gasteiger partial charge in [0.15, 0.2) is 0 Å². The molecule has 66 valence electrons. The first kappa shape index (κ1) is 8.07. The third-order valence-electron chi connectivity index (χ3n) is 1.59. The number of aromatic carboxylic acids is 1. The number of aromatic nitrogens is 1. The van der Waals surface area contributed by atoms with Crippen LogP contribution in [0, 0.1) is 0 Å². The van der Waals surface area contributed by atoms with Gasteiger partial charge in [-0.25, -0.2) is 9.78 Å². The van der Waals surface area contributed by atoms with Gasteiger partial charge in [-0.15, -0.1) is 0 Å². The number of hydrogen-bond donors (Lipinski definition) is 1. The molecule has 0 aliphatic rings. The normalized spacial score (nSPS) is 10.5. The summed E-state index contributed by atoms with van der Waals surface area (Å²) < 4.78 is 4.92. The van der Waals surface area contributed by atoms with Crippen molar-refractivity contribution in [3.05, 3.63) is 29.1 Å². The van der Waals surface area contributed by atoms with Crippen molar-refractivity contribution in [2.45, 2.75) is 0 Å². The van der Waals surface area contributed by atoms with Crippen LogP contribution in [0.25, 0.3) is 11.1 Å². The van der Waals surface area contributed by atoms with Crippen LogP contribution in [-0.4, -0.2) is 16.1 Å². The van der Waals surface area contributed by atoms with Crippen molar-refractivity contribution in [3.63, 3.8) is 0 Å². The molecule has 0 saturated carbocycles. The Labute approximate surface area is 77.8 Å². The molecule has 0 atom stereocenters. The Kier molecular flexibility index (Phi) is 1.70. The maximum Gasteiger partial charge on any atom is 0.371 e. The second kappa shape index (κ2) is 2.74. The zero-order valence-corrected chi connectivity index (χ0v) is 7.08. The van der Waals surface area contributed by atoms with Crippen molar-refractivity contribution in [2.75, 3.05) is 0 Å². The van der Waals surface area contributed by atoms with Crippen LogP contribution in [0.1, 0.15) is 10.6 Å². The molecule has 2 aromatic rings. The molecule has 2 rings (SSSR count). The summed E-state index contributed by atoms with van der Waals surface area (Å²) >= 11 is 5.78. The molecular weight excluding hydrogens is 194 g/mol. The van der Waals surface area contributed by atoms with E-state index in [4.69, 9.17) is 21.1 Å². The zero-order valence-electron chi connectivity index (χ0n) is 6.32. The third kappa shape index (κ3) is 1.25. The van der Waals surface area contributed by atoms with E-state index in [0.717, 1.165) is 0 Å². The molecule has 0 unspecified atom stereocenters. The molecule has 0 saturated heterocycles. The average Bonchev–Trinajstić information content (AvgIpc) is 2.49. The predicted molar refractivity (Wildman–Crippen MR) is 46.0 cm³/mol. The maximum atomic E-state index is 10.5. The first-order chi connectivity index (χ1) is 6.18. The average molecular weight is 198 g/mol. The van der Waals surface area contributed by atoms with Crippen molar-refractivity contribution in [3.8, 4) is 0 Å². The van der Waals surface area contributed by atoms with Crippen molar-refractivity contribution < 1.29 is 14.3 Å². The van der Waals surface area contributed by atoms with E-state index >= 15 is 0 Å². The van der Waals surface area contributed by atoms with E-state index in [-0.39, 0.29) is 11.5 Å². The summed E-state index contributed by atoms with van der Waals surface area (Å²) in [4.78, 5) is 14.3. The van der Waals surface area contributed by atoms with Crippen LogP contribution in [0.2, 0.25) is 5.02 Å². The van der Waals surface area contributed by atoms with E-state index in [1.165, 1.54) is 12.3 Å². The number of nitrogens with zero attached hydrogens (tertiary/aromatic N) is 1. The van der Waals surface area contributed by atoms with Gasteiger partial charge in [0.25, 0.3) is 0 Å². The van der Waals surface area contributed by atoms with Crippen LogP contribution in [-0.2, 0) is 0 Å². The number of fused-ring (bicyclic) bond motifs is 1. The van der Waals surface area contributed by atoms with Gasteiger partial charge in [-0.1, -0.05) is 11.6 Å². The van der Waals surface area contributed by atoms with Crippen LogP contribution in [0.5, 0.6) is 0 Å². The highest BCUT2D eigenvalue weighted by Crippen LogP contribution is 2.24. The topological polar surface area (TPSA) is 63.3 Å². The van der Waals surface area contributed by atoms with Gasteiger partial charge >= 0.3 is 5.97 Å². The molecule has 0 aromatic carbocycles. The minimum absolute atomic E-state index is 0.157. The minimum Gasteiger partial charge on any atom is -0.475 e. The van der Waals surface area contributed by atoms with Gasteiger partial charge in [-0.05, 0) is 6.07 Å². The molecule has 0 amide bonds. The van der Waals surface area contributed by atoms with Crippen molar-refractivity contribution >= 4 is 28.7 Å². The molecule has 0 bridgehead atoms. The standard InChI is InChI=1S/C8H4ClNO3/c9-5-1-2-10-7-4(5)3-6(13-7)8(11)12/h1-3H,(H,11,12). The lowest BCUT2D eigenvalue weighted by Crippen LogP contribution is -1.91. The Bertz CT molecular complexity index is 477. The van der Waals surface area contributed by atoms with Gasteiger partial charge in [0.1, 0.15) is 0 Å². The molecular formula is C8H4ClNO3. The second-order valence-electron chi connectivity index (χ2n) is 2.43. The smallest absolute Gasteiger partial charge is 0.371 e. The quantitative estimate of drug-likeness (QED) is 0.761. The lowest BCUT2D eigenvalue weighted by Gasteiger charge is -1.87. The van der Waals surface area contributed by atoms with Gasteiger partial charge < -0.3 is 9.52 Å². The second-order valence-corrected chi connectivity index (χ2v) is 2.83. The number of halogens is 1. The number of carboxylic acid groups (broad SMARTS) is 1. The fourth-order valence-corrected chi connectivity index (χ4v) is 1.21. The first-order valence-electron chi connectivity index (χ1n) is 3.46. The van der Waals surface area contributed by atoms with Crippen LogP contribution in [0.15, 0.2) is 22.7 Å². The van der Waals surface area contributed by atoms with Gasteiger partial charge in [0, 0.05) is 12.3 Å². The molecule has 0 aliphatic heterocycles. The lowest BCUT2D eigenvalue weighted by atomic mass is 10.3. The highest BCUT2D eigenvalue weighted by molar-refractivity contribution is 6.35. The highest BCUT2D eigenvalue weighted by Gasteiger charge is 2.12. The van der Waals surface area contributed by atoms with Gasteiger partial charge in [0.2, 0.25) is 11.5 Å². The summed E-state index contributed by atoms with van der Waals surface area (Å²) in [5, 5.41) is 9.56. The molecule has 1 N–H and O–H groups in total. The summed E-state index contributed by atoms with van der Waals surface area (Å²) in [6, 6.07) is 2.93. The Morgan fingerprint density at radius 2 is 2.38 bits per heavy atom.